The van der Waals surface area contributed by atoms with Crippen LogP contribution >= 0.6 is 0 Å². The molecular formula is C15H25N5O6S. The summed E-state index contributed by atoms with van der Waals surface area (Å²) >= 11 is 0. The lowest BCUT2D eigenvalue weighted by Gasteiger charge is -2.34. The number of carbonyl (C=O) groups is 2. The fourth-order valence-electron chi connectivity index (χ4n) is 4.00. The van der Waals surface area contributed by atoms with Crippen LogP contribution in [0.2, 0.25) is 0 Å². The molecule has 3 aliphatic rings. The number of urea groups is 1. The maximum atomic E-state index is 12.4. The van der Waals surface area contributed by atoms with Crippen LogP contribution in [0.4, 0.5) is 4.79 Å². The maximum absolute atomic E-state index is 12.4. The van der Waals surface area contributed by atoms with Crippen LogP contribution in [0.15, 0.2) is 0 Å². The van der Waals surface area contributed by atoms with Gasteiger partial charge in [-0.25, -0.2) is 4.79 Å². The first-order valence-electron chi connectivity index (χ1n) is 8.94. The van der Waals surface area contributed by atoms with E-state index in [0.29, 0.717) is 24.3 Å². The Morgan fingerprint density at radius 3 is 2.70 bits per heavy atom. The molecule has 4 N–H and O–H groups in total. The Hall–Kier alpha value is -1.76. The fourth-order valence-corrected chi connectivity index (χ4v) is 4.39. The third-order valence-electron chi connectivity index (χ3n) is 5.50. The fraction of sp³-hybridized carbons (Fsp3) is 0.800. The zero-order valence-electron chi connectivity index (χ0n) is 15.1. The van der Waals surface area contributed by atoms with E-state index in [-0.39, 0.29) is 23.7 Å². The van der Waals surface area contributed by atoms with Gasteiger partial charge in [0.15, 0.2) is 0 Å². The largest absolute Gasteiger partial charge is 0.418 e. The molecule has 0 aromatic carbocycles. The number of hydrogen-bond acceptors (Lipinski definition) is 7. The Bertz CT molecular complexity index is 735. The van der Waals surface area contributed by atoms with Crippen molar-refractivity contribution in [1.29, 1.82) is 5.41 Å². The monoisotopic (exact) mass is 403 g/mol. The lowest BCUT2D eigenvalue weighted by Crippen LogP contribution is -2.51. The predicted molar refractivity (Wildman–Crippen MR) is 94.1 cm³/mol. The molecule has 0 spiro atoms. The van der Waals surface area contributed by atoms with Crippen LogP contribution in [0, 0.1) is 10.8 Å². The number of hydroxylamine groups is 2. The smallest absolute Gasteiger partial charge is 0.317 e. The van der Waals surface area contributed by atoms with Gasteiger partial charge in [0.1, 0.15) is 5.84 Å². The summed E-state index contributed by atoms with van der Waals surface area (Å²) in [5, 5.41) is 14.7. The van der Waals surface area contributed by atoms with Crippen molar-refractivity contribution in [2.24, 2.45) is 5.41 Å². The molecule has 3 heterocycles. The molecule has 0 aromatic rings. The number of amidine groups is 1. The van der Waals surface area contributed by atoms with Crippen molar-refractivity contribution in [1.82, 2.24) is 20.6 Å². The summed E-state index contributed by atoms with van der Waals surface area (Å²) in [6.45, 7) is 3.94. The number of piperidine rings is 2. The molecule has 0 aliphatic carbocycles. The predicted octanol–water partition coefficient (Wildman–Crippen LogP) is -0.137. The highest BCUT2D eigenvalue weighted by molar-refractivity contribution is 7.80. The number of rotatable bonds is 5. The molecule has 3 fully saturated rings. The van der Waals surface area contributed by atoms with E-state index in [1.165, 1.54) is 4.90 Å². The SMILES string of the molecule is CC1(CC(=O)NC(=N)[C@@H]2CC[C@@H]3CN2C(=O)N3OS(=O)(=O)O)CCNCC1. The zero-order chi connectivity index (χ0) is 19.8. The van der Waals surface area contributed by atoms with Crippen molar-refractivity contribution in [3.05, 3.63) is 0 Å². The number of nitrogens with zero attached hydrogens (tertiary/aromatic N) is 2. The van der Waals surface area contributed by atoms with Gasteiger partial charge in [-0.15, -0.1) is 4.28 Å². The van der Waals surface area contributed by atoms with E-state index in [4.69, 9.17) is 9.96 Å². The minimum absolute atomic E-state index is 0.0851. The summed E-state index contributed by atoms with van der Waals surface area (Å²) in [6.07, 6.45) is 2.85. The average molecular weight is 403 g/mol. The number of hydrogen-bond donors (Lipinski definition) is 4. The Balaban J connectivity index is 1.59. The summed E-state index contributed by atoms with van der Waals surface area (Å²) < 4.78 is 35.0. The first kappa shape index (κ1) is 20.0. The summed E-state index contributed by atoms with van der Waals surface area (Å²) in [6, 6.07) is -1.93. The third kappa shape index (κ3) is 4.57. The van der Waals surface area contributed by atoms with E-state index in [1.54, 1.807) is 0 Å². The first-order valence-corrected chi connectivity index (χ1v) is 10.3. The molecular weight excluding hydrogens is 378 g/mol. The van der Waals surface area contributed by atoms with Gasteiger partial charge in [-0.05, 0) is 44.2 Å². The van der Waals surface area contributed by atoms with Gasteiger partial charge >= 0.3 is 16.4 Å². The van der Waals surface area contributed by atoms with E-state index >= 15 is 0 Å². The molecule has 0 radical (unpaired) electrons. The lowest BCUT2D eigenvalue weighted by molar-refractivity contribution is -0.122. The minimum atomic E-state index is -4.81. The second-order valence-electron chi connectivity index (χ2n) is 7.71. The highest BCUT2D eigenvalue weighted by Crippen LogP contribution is 2.33. The number of amides is 3. The van der Waals surface area contributed by atoms with Gasteiger partial charge in [-0.2, -0.15) is 13.5 Å². The standard InChI is InChI=1S/C15H25N5O6S/c1-15(4-6-17-7-5-15)8-12(21)18-13(16)11-3-2-10-9-19(11)14(22)20(10)26-27(23,24)25/h10-11,17H,2-9H2,1H3,(H2,16,18,21)(H,23,24,25)/t10-,11+/m1/s1. The van der Waals surface area contributed by atoms with Gasteiger partial charge in [0, 0.05) is 13.0 Å². The lowest BCUT2D eigenvalue weighted by atomic mass is 9.78. The molecule has 3 saturated heterocycles. The Labute approximate surface area is 157 Å². The van der Waals surface area contributed by atoms with Gasteiger partial charge in [0.25, 0.3) is 0 Å². The van der Waals surface area contributed by atoms with Crippen LogP contribution < -0.4 is 10.6 Å². The minimum Gasteiger partial charge on any atom is -0.317 e. The molecule has 3 amide bonds. The van der Waals surface area contributed by atoms with E-state index < -0.39 is 28.5 Å². The van der Waals surface area contributed by atoms with Crippen molar-refractivity contribution in [3.8, 4) is 0 Å². The van der Waals surface area contributed by atoms with Gasteiger partial charge in [0.2, 0.25) is 5.91 Å². The van der Waals surface area contributed by atoms with E-state index in [0.717, 1.165) is 25.9 Å². The molecule has 27 heavy (non-hydrogen) atoms. The Morgan fingerprint density at radius 2 is 2.07 bits per heavy atom. The summed E-state index contributed by atoms with van der Waals surface area (Å²) in [7, 11) is -4.81. The van der Waals surface area contributed by atoms with Crippen LogP contribution in [-0.4, -0.2) is 72.4 Å². The zero-order valence-corrected chi connectivity index (χ0v) is 15.9. The molecule has 0 unspecified atom stereocenters. The number of nitrogens with one attached hydrogen (secondary N) is 3. The molecule has 11 nitrogen and oxygen atoms in total. The van der Waals surface area contributed by atoms with Gasteiger partial charge in [-0.1, -0.05) is 6.92 Å². The van der Waals surface area contributed by atoms with E-state index in [2.05, 4.69) is 21.8 Å². The second kappa shape index (κ2) is 7.34. The molecule has 2 bridgehead atoms. The van der Waals surface area contributed by atoms with Crippen LogP contribution in [0.5, 0.6) is 0 Å². The Morgan fingerprint density at radius 1 is 1.41 bits per heavy atom. The van der Waals surface area contributed by atoms with Gasteiger partial charge < -0.3 is 15.5 Å². The highest BCUT2D eigenvalue weighted by Gasteiger charge is 2.48. The molecule has 3 rings (SSSR count). The van der Waals surface area contributed by atoms with Crippen LogP contribution in [0.25, 0.3) is 0 Å². The molecule has 0 aromatic heterocycles. The van der Waals surface area contributed by atoms with Crippen molar-refractivity contribution in [3.63, 3.8) is 0 Å². The first-order chi connectivity index (χ1) is 12.6. The molecule has 3 aliphatic heterocycles. The van der Waals surface area contributed by atoms with Crippen LogP contribution in [0.3, 0.4) is 0 Å². The molecule has 12 heteroatoms. The molecule has 0 saturated carbocycles. The van der Waals surface area contributed by atoms with Crippen LogP contribution in [-0.2, 0) is 19.5 Å². The van der Waals surface area contributed by atoms with Gasteiger partial charge in [-0.3, -0.25) is 14.8 Å². The maximum Gasteiger partial charge on any atom is 0.418 e. The summed E-state index contributed by atoms with van der Waals surface area (Å²) in [5.41, 5.74) is -0.114. The van der Waals surface area contributed by atoms with Crippen molar-refractivity contribution in [2.45, 2.75) is 51.1 Å². The van der Waals surface area contributed by atoms with Crippen molar-refractivity contribution < 1.29 is 26.8 Å². The van der Waals surface area contributed by atoms with Gasteiger partial charge in [0.05, 0.1) is 12.1 Å². The third-order valence-corrected chi connectivity index (χ3v) is 5.85. The summed E-state index contributed by atoms with van der Waals surface area (Å²) in [4.78, 5) is 26.0. The van der Waals surface area contributed by atoms with Crippen molar-refractivity contribution >= 4 is 28.2 Å². The van der Waals surface area contributed by atoms with Crippen molar-refractivity contribution in [2.75, 3.05) is 19.6 Å². The quantitative estimate of drug-likeness (QED) is 0.283. The van der Waals surface area contributed by atoms with Crippen LogP contribution in [0.1, 0.15) is 39.0 Å². The molecule has 2 atom stereocenters. The molecule has 152 valence electrons. The second-order valence-corrected chi connectivity index (χ2v) is 8.71. The van der Waals surface area contributed by atoms with E-state index in [1.807, 2.05) is 0 Å². The summed E-state index contributed by atoms with van der Waals surface area (Å²) in [5.74, 6) is -0.345. The number of carbonyl (C=O) groups excluding carboxylic acids is 2. The van der Waals surface area contributed by atoms with E-state index in [9.17, 15) is 18.0 Å². The average Bonchev–Trinajstić information content (AvgIpc) is 2.78. The normalized spacial score (nSPS) is 27.6. The number of fused-ring (bicyclic) bond motifs is 2. The topological polar surface area (TPSA) is 152 Å². The Kier molecular flexibility index (Phi) is 5.43. The highest BCUT2D eigenvalue weighted by atomic mass is 32.3.